The first-order valence-corrected chi connectivity index (χ1v) is 3.82. The molecule has 0 heterocycles. The van der Waals surface area contributed by atoms with Gasteiger partial charge in [-0.1, -0.05) is 12.1 Å². The average Bonchev–Trinajstić information content (AvgIpc) is 2.08. The summed E-state index contributed by atoms with van der Waals surface area (Å²) >= 11 is 0. The lowest BCUT2D eigenvalue weighted by Gasteiger charge is -2.04. The van der Waals surface area contributed by atoms with Gasteiger partial charge in [-0.15, -0.1) is 0 Å². The minimum absolute atomic E-state index is 0.129. The first-order valence-electron chi connectivity index (χ1n) is 3.82. The van der Waals surface area contributed by atoms with Crippen molar-refractivity contribution in [2.24, 2.45) is 5.73 Å². The van der Waals surface area contributed by atoms with Crippen LogP contribution in [-0.2, 0) is 11.2 Å². The predicted octanol–water partition coefficient (Wildman–Crippen LogP) is 0.758. The van der Waals surface area contributed by atoms with Crippen molar-refractivity contribution in [2.45, 2.75) is 12.5 Å². The van der Waals surface area contributed by atoms with Crippen LogP contribution >= 0.6 is 0 Å². The molecule has 1 rings (SSSR count). The van der Waals surface area contributed by atoms with Gasteiger partial charge in [-0.05, 0) is 24.1 Å². The van der Waals surface area contributed by atoms with Gasteiger partial charge in [0.1, 0.15) is 11.8 Å². The molecule has 0 fully saturated rings. The number of carbonyl (C=O) groups is 1. The minimum Gasteiger partial charge on any atom is -0.508 e. The van der Waals surface area contributed by atoms with Crippen molar-refractivity contribution in [3.05, 3.63) is 29.8 Å². The molecule has 0 amide bonds. The summed E-state index contributed by atoms with van der Waals surface area (Å²) in [6.07, 6.45) is 0.148. The summed E-state index contributed by atoms with van der Waals surface area (Å²) in [5.74, 6) is 0.129. The van der Waals surface area contributed by atoms with Gasteiger partial charge in [-0.2, -0.15) is 4.39 Å². The molecule has 13 heavy (non-hydrogen) atoms. The van der Waals surface area contributed by atoms with E-state index in [2.05, 4.69) is 0 Å². The Hall–Kier alpha value is -1.42. The van der Waals surface area contributed by atoms with Crippen LogP contribution in [0.1, 0.15) is 5.56 Å². The molecular weight excluding hydrogens is 173 g/mol. The van der Waals surface area contributed by atoms with E-state index in [1.807, 2.05) is 0 Å². The van der Waals surface area contributed by atoms with E-state index in [9.17, 15) is 9.18 Å². The molecule has 3 N–H and O–H groups in total. The Morgan fingerprint density at radius 3 is 2.46 bits per heavy atom. The van der Waals surface area contributed by atoms with E-state index < -0.39 is 12.1 Å². The van der Waals surface area contributed by atoms with Crippen molar-refractivity contribution in [1.82, 2.24) is 0 Å². The molecule has 1 unspecified atom stereocenters. The maximum absolute atomic E-state index is 12.0. The number of hydrogen-bond acceptors (Lipinski definition) is 3. The first-order chi connectivity index (χ1) is 6.09. The van der Waals surface area contributed by atoms with Gasteiger partial charge in [0, 0.05) is 0 Å². The number of nitrogens with two attached hydrogens (primary N) is 1. The van der Waals surface area contributed by atoms with E-state index in [1.165, 1.54) is 12.1 Å². The first kappa shape index (κ1) is 9.67. The highest BCUT2D eigenvalue weighted by molar-refractivity contribution is 5.74. The molecule has 1 atom stereocenters. The fourth-order valence-electron chi connectivity index (χ4n) is 0.966. The van der Waals surface area contributed by atoms with E-state index in [0.717, 1.165) is 5.56 Å². The number of halogens is 1. The maximum atomic E-state index is 12.0. The van der Waals surface area contributed by atoms with Gasteiger partial charge in [0.2, 0.25) is 0 Å². The van der Waals surface area contributed by atoms with Crippen molar-refractivity contribution in [3.8, 4) is 5.75 Å². The fraction of sp³-hybridized carbons (Fsp3) is 0.222. The van der Waals surface area contributed by atoms with Crippen LogP contribution in [0.4, 0.5) is 4.39 Å². The van der Waals surface area contributed by atoms with E-state index in [4.69, 9.17) is 10.8 Å². The predicted molar refractivity (Wildman–Crippen MR) is 45.9 cm³/mol. The van der Waals surface area contributed by atoms with Crippen LogP contribution in [0, 0.1) is 0 Å². The summed E-state index contributed by atoms with van der Waals surface area (Å²) in [6, 6.07) is 3.49. The minimum atomic E-state index is -1.52. The Morgan fingerprint density at radius 1 is 1.46 bits per heavy atom. The molecule has 0 bridgehead atoms. The Kier molecular flexibility index (Phi) is 2.97. The molecule has 0 aliphatic rings. The summed E-state index contributed by atoms with van der Waals surface area (Å²) < 4.78 is 12.0. The van der Waals surface area contributed by atoms with Crippen LogP contribution in [-0.4, -0.2) is 17.2 Å². The highest BCUT2D eigenvalue weighted by Crippen LogP contribution is 2.10. The number of benzene rings is 1. The number of phenolic OH excluding ortho intramolecular Hbond substituents is 1. The number of hydrogen-bond donors (Lipinski definition) is 2. The van der Waals surface area contributed by atoms with Gasteiger partial charge in [0.15, 0.2) is 0 Å². The molecular formula is C9H10FNO2. The molecule has 0 spiro atoms. The van der Waals surface area contributed by atoms with E-state index >= 15 is 0 Å². The van der Waals surface area contributed by atoms with Crippen LogP contribution in [0.5, 0.6) is 5.75 Å². The molecule has 0 saturated heterocycles. The second-order valence-electron chi connectivity index (χ2n) is 2.78. The smallest absolute Gasteiger partial charge is 0.318 e. The van der Waals surface area contributed by atoms with Crippen molar-refractivity contribution in [3.63, 3.8) is 0 Å². The third-order valence-corrected chi connectivity index (χ3v) is 1.68. The lowest BCUT2D eigenvalue weighted by Crippen LogP contribution is -2.29. The lowest BCUT2D eigenvalue weighted by atomic mass is 10.1. The largest absolute Gasteiger partial charge is 0.508 e. The second kappa shape index (κ2) is 4.00. The highest BCUT2D eigenvalue weighted by Gasteiger charge is 2.12. The van der Waals surface area contributed by atoms with Crippen LogP contribution < -0.4 is 5.73 Å². The summed E-state index contributed by atoms with van der Waals surface area (Å²) in [4.78, 5) is 10.2. The quantitative estimate of drug-likeness (QED) is 0.680. The number of carbonyl (C=O) groups excluding carboxylic acids is 1. The number of rotatable bonds is 3. The Balaban J connectivity index is 2.64. The van der Waals surface area contributed by atoms with Gasteiger partial charge in [0.05, 0.1) is 0 Å². The standard InChI is InChI=1S/C9H10FNO2/c10-9(13)8(11)5-6-1-3-7(12)4-2-6/h1-4,8,12H,5,11H2. The van der Waals surface area contributed by atoms with E-state index in [-0.39, 0.29) is 12.2 Å². The van der Waals surface area contributed by atoms with Crippen LogP contribution in [0.25, 0.3) is 0 Å². The van der Waals surface area contributed by atoms with Gasteiger partial charge in [-0.25, -0.2) is 0 Å². The zero-order valence-corrected chi connectivity index (χ0v) is 6.90. The third-order valence-electron chi connectivity index (χ3n) is 1.68. The Labute approximate surface area is 75.0 Å². The Morgan fingerprint density at radius 2 is 2.00 bits per heavy atom. The summed E-state index contributed by atoms with van der Waals surface area (Å²) in [5, 5.41) is 8.93. The zero-order chi connectivity index (χ0) is 9.84. The molecule has 70 valence electrons. The van der Waals surface area contributed by atoms with Crippen molar-refractivity contribution in [2.75, 3.05) is 0 Å². The summed E-state index contributed by atoms with van der Waals surface area (Å²) in [6.45, 7) is 0. The fourth-order valence-corrected chi connectivity index (χ4v) is 0.966. The third kappa shape index (κ3) is 2.83. The molecule has 4 heteroatoms. The molecule has 0 radical (unpaired) electrons. The maximum Gasteiger partial charge on any atom is 0.318 e. The second-order valence-corrected chi connectivity index (χ2v) is 2.78. The van der Waals surface area contributed by atoms with Crippen LogP contribution in [0.15, 0.2) is 24.3 Å². The topological polar surface area (TPSA) is 63.3 Å². The van der Waals surface area contributed by atoms with Crippen molar-refractivity contribution in [1.29, 1.82) is 0 Å². The van der Waals surface area contributed by atoms with Crippen LogP contribution in [0.3, 0.4) is 0 Å². The molecule has 0 aliphatic heterocycles. The average molecular weight is 183 g/mol. The van der Waals surface area contributed by atoms with Crippen molar-refractivity contribution >= 4 is 6.04 Å². The number of aromatic hydroxyl groups is 1. The van der Waals surface area contributed by atoms with Crippen LogP contribution in [0.2, 0.25) is 0 Å². The van der Waals surface area contributed by atoms with E-state index in [0.29, 0.717) is 0 Å². The molecule has 1 aromatic carbocycles. The molecule has 3 nitrogen and oxygen atoms in total. The highest BCUT2D eigenvalue weighted by atomic mass is 19.1. The molecule has 0 aromatic heterocycles. The lowest BCUT2D eigenvalue weighted by molar-refractivity contribution is -0.130. The number of phenols is 1. The SMILES string of the molecule is NC(Cc1ccc(O)cc1)C(=O)F. The molecule has 0 aliphatic carbocycles. The van der Waals surface area contributed by atoms with Gasteiger partial charge in [0.25, 0.3) is 0 Å². The zero-order valence-electron chi connectivity index (χ0n) is 6.90. The van der Waals surface area contributed by atoms with Gasteiger partial charge >= 0.3 is 6.04 Å². The van der Waals surface area contributed by atoms with E-state index in [1.54, 1.807) is 12.1 Å². The van der Waals surface area contributed by atoms with Gasteiger partial charge in [-0.3, -0.25) is 4.79 Å². The molecule has 0 saturated carbocycles. The molecule has 1 aromatic rings. The monoisotopic (exact) mass is 183 g/mol. The van der Waals surface area contributed by atoms with Crippen molar-refractivity contribution < 1.29 is 14.3 Å². The van der Waals surface area contributed by atoms with Gasteiger partial charge < -0.3 is 10.8 Å². The summed E-state index contributed by atoms with van der Waals surface area (Å²) in [7, 11) is 0. The summed E-state index contributed by atoms with van der Waals surface area (Å²) in [5.41, 5.74) is 5.92. The normalized spacial score (nSPS) is 12.5. The Bertz CT molecular complexity index is 297.